The van der Waals surface area contributed by atoms with Crippen LogP contribution in [-0.2, 0) is 29.0 Å². The molecule has 2 amide bonds. The molecular formula is C29H35ClN2O4. The smallest absolute Gasteiger partial charge is 0.317 e. The van der Waals surface area contributed by atoms with E-state index in [1.54, 1.807) is 18.1 Å². The maximum atomic E-state index is 12.9. The lowest BCUT2D eigenvalue weighted by Gasteiger charge is -2.23. The molecule has 0 heterocycles. The number of hydrogen-bond acceptors (Lipinski definition) is 4. The van der Waals surface area contributed by atoms with E-state index in [1.807, 2.05) is 81.4 Å². The molecule has 3 aromatic carbocycles. The molecule has 0 radical (unpaired) electrons. The number of methoxy groups -OCH3 is 2. The van der Waals surface area contributed by atoms with E-state index in [9.17, 15) is 9.59 Å². The van der Waals surface area contributed by atoms with Gasteiger partial charge in [-0.25, -0.2) is 4.79 Å². The number of halogens is 1. The second-order valence-electron chi connectivity index (χ2n) is 7.78. The van der Waals surface area contributed by atoms with Gasteiger partial charge >= 0.3 is 12.0 Å². The van der Waals surface area contributed by atoms with Crippen molar-refractivity contribution in [2.75, 3.05) is 20.8 Å². The third-order valence-corrected chi connectivity index (χ3v) is 5.70. The van der Waals surface area contributed by atoms with Crippen LogP contribution >= 0.6 is 11.6 Å². The van der Waals surface area contributed by atoms with Gasteiger partial charge in [-0.1, -0.05) is 67.9 Å². The number of hydrogen-bond donors (Lipinski definition) is 1. The van der Waals surface area contributed by atoms with E-state index in [0.717, 1.165) is 27.8 Å². The molecule has 0 atom stereocenters. The molecule has 3 aromatic rings. The highest BCUT2D eigenvalue weighted by Gasteiger charge is 2.17. The maximum absolute atomic E-state index is 12.9. The second kappa shape index (κ2) is 14.8. The highest BCUT2D eigenvalue weighted by molar-refractivity contribution is 6.31. The molecule has 0 saturated carbocycles. The lowest BCUT2D eigenvalue weighted by Crippen LogP contribution is -2.39. The molecule has 0 saturated heterocycles. The van der Waals surface area contributed by atoms with Gasteiger partial charge in [0.15, 0.2) is 0 Å². The molecule has 36 heavy (non-hydrogen) atoms. The van der Waals surface area contributed by atoms with Crippen molar-refractivity contribution in [3.63, 3.8) is 0 Å². The molecule has 0 aliphatic heterocycles. The van der Waals surface area contributed by atoms with Crippen LogP contribution in [0.4, 0.5) is 4.79 Å². The highest BCUT2D eigenvalue weighted by Crippen LogP contribution is 2.32. The minimum Gasteiger partial charge on any atom is -0.497 e. The minimum absolute atomic E-state index is 0.117. The third kappa shape index (κ3) is 8.31. The Morgan fingerprint density at radius 1 is 0.944 bits per heavy atom. The highest BCUT2D eigenvalue weighted by atomic mass is 35.5. The molecule has 0 spiro atoms. The predicted octanol–water partition coefficient (Wildman–Crippen LogP) is 6.49. The summed E-state index contributed by atoms with van der Waals surface area (Å²) in [6.45, 7) is 7.33. The van der Waals surface area contributed by atoms with Crippen molar-refractivity contribution in [3.8, 4) is 16.9 Å². The summed E-state index contributed by atoms with van der Waals surface area (Å²) in [6.07, 6.45) is 0.117. The normalized spacial score (nSPS) is 10.1. The number of carbonyl (C=O) groups is 2. The number of rotatable bonds is 9. The van der Waals surface area contributed by atoms with E-state index in [-0.39, 0.29) is 18.4 Å². The van der Waals surface area contributed by atoms with Crippen molar-refractivity contribution < 1.29 is 19.1 Å². The summed E-state index contributed by atoms with van der Waals surface area (Å²) in [5.41, 5.74) is 4.43. The van der Waals surface area contributed by atoms with Crippen LogP contribution in [0.2, 0.25) is 5.02 Å². The maximum Gasteiger partial charge on any atom is 0.317 e. The van der Waals surface area contributed by atoms with Crippen LogP contribution in [0.25, 0.3) is 11.1 Å². The van der Waals surface area contributed by atoms with Gasteiger partial charge in [0.1, 0.15) is 5.75 Å². The van der Waals surface area contributed by atoms with Crippen molar-refractivity contribution in [1.29, 1.82) is 0 Å². The molecule has 0 fully saturated rings. The fourth-order valence-electron chi connectivity index (χ4n) is 3.65. The number of esters is 1. The van der Waals surface area contributed by atoms with Crippen LogP contribution in [0.15, 0.2) is 66.7 Å². The van der Waals surface area contributed by atoms with Crippen molar-refractivity contribution in [3.05, 3.63) is 88.4 Å². The molecule has 6 nitrogen and oxygen atoms in total. The van der Waals surface area contributed by atoms with E-state index in [0.29, 0.717) is 30.4 Å². The number of carbonyl (C=O) groups excluding carboxylic acids is 2. The van der Waals surface area contributed by atoms with Crippen LogP contribution in [0.3, 0.4) is 0 Å². The Bertz CT molecular complexity index is 1140. The lowest BCUT2D eigenvalue weighted by molar-refractivity contribution is -0.139. The number of nitrogens with zero attached hydrogens (tertiary/aromatic N) is 1. The molecule has 1 N–H and O–H groups in total. The van der Waals surface area contributed by atoms with Crippen molar-refractivity contribution in [1.82, 2.24) is 10.2 Å². The van der Waals surface area contributed by atoms with E-state index < -0.39 is 0 Å². The molecular weight excluding hydrogens is 476 g/mol. The van der Waals surface area contributed by atoms with Crippen LogP contribution in [0.1, 0.15) is 37.5 Å². The van der Waals surface area contributed by atoms with Gasteiger partial charge in [-0.15, -0.1) is 0 Å². The molecule has 0 aromatic heterocycles. The summed E-state index contributed by atoms with van der Waals surface area (Å²) in [4.78, 5) is 26.4. The topological polar surface area (TPSA) is 67.9 Å². The number of nitrogens with one attached hydrogen (secondary N) is 1. The van der Waals surface area contributed by atoms with Crippen LogP contribution in [-0.4, -0.2) is 37.7 Å². The minimum atomic E-state index is -0.341. The first-order valence-corrected chi connectivity index (χ1v) is 12.4. The van der Waals surface area contributed by atoms with E-state index in [1.165, 1.54) is 7.11 Å². The average molecular weight is 511 g/mol. The number of benzene rings is 3. The van der Waals surface area contributed by atoms with Gasteiger partial charge in [0.2, 0.25) is 0 Å². The Morgan fingerprint density at radius 2 is 1.67 bits per heavy atom. The monoisotopic (exact) mass is 510 g/mol. The molecule has 0 unspecified atom stereocenters. The zero-order valence-corrected chi connectivity index (χ0v) is 22.4. The largest absolute Gasteiger partial charge is 0.497 e. The summed E-state index contributed by atoms with van der Waals surface area (Å²) >= 11 is 6.38. The zero-order chi connectivity index (χ0) is 26.5. The summed E-state index contributed by atoms with van der Waals surface area (Å²) < 4.78 is 10.2. The van der Waals surface area contributed by atoms with Gasteiger partial charge < -0.3 is 19.7 Å². The lowest BCUT2D eigenvalue weighted by atomic mass is 9.96. The molecule has 192 valence electrons. The predicted molar refractivity (Wildman–Crippen MR) is 145 cm³/mol. The van der Waals surface area contributed by atoms with Crippen LogP contribution in [0.5, 0.6) is 5.75 Å². The van der Waals surface area contributed by atoms with E-state index >= 15 is 0 Å². The molecule has 7 heteroatoms. The van der Waals surface area contributed by atoms with Crippen molar-refractivity contribution in [2.24, 2.45) is 0 Å². The summed E-state index contributed by atoms with van der Waals surface area (Å²) in [7, 11) is 2.96. The van der Waals surface area contributed by atoms with Crippen molar-refractivity contribution in [2.45, 2.75) is 40.3 Å². The third-order valence-electron chi connectivity index (χ3n) is 5.48. The Labute approximate surface area is 219 Å². The van der Waals surface area contributed by atoms with Crippen LogP contribution in [0, 0.1) is 0 Å². The average Bonchev–Trinajstić information content (AvgIpc) is 2.91. The van der Waals surface area contributed by atoms with Gasteiger partial charge in [-0.05, 0) is 59.0 Å². The molecule has 0 aliphatic rings. The summed E-state index contributed by atoms with van der Waals surface area (Å²) in [6, 6.07) is 20.9. The fraction of sp³-hybridized carbons (Fsp3) is 0.310. The fourth-order valence-corrected chi connectivity index (χ4v) is 3.91. The second-order valence-corrected chi connectivity index (χ2v) is 8.22. The van der Waals surface area contributed by atoms with Gasteiger partial charge in [-0.2, -0.15) is 0 Å². The number of urea groups is 1. The molecule has 3 rings (SSSR count). The Hall–Kier alpha value is -3.51. The number of ether oxygens (including phenoxy) is 2. The van der Waals surface area contributed by atoms with Crippen LogP contribution < -0.4 is 10.1 Å². The first-order chi connectivity index (χ1) is 17.4. The van der Waals surface area contributed by atoms with E-state index in [2.05, 4.69) is 5.32 Å². The zero-order valence-electron chi connectivity index (χ0n) is 21.6. The summed E-state index contributed by atoms with van der Waals surface area (Å²) in [5, 5.41) is 3.50. The first kappa shape index (κ1) is 28.7. The number of amides is 2. The Morgan fingerprint density at radius 3 is 2.31 bits per heavy atom. The van der Waals surface area contributed by atoms with Gasteiger partial charge in [0.05, 0.1) is 20.6 Å². The standard InChI is InChI=1S/C27H29ClN2O4.C2H6/c1-4-30(27(32)29-17-19-8-6-5-7-9-19)18-21-10-11-24(33-2)16-25(21)22-12-20(13-23(28)15-22)14-26(31)34-3;1-2/h5-13,15-16H,4,14,17-18H2,1-3H3,(H,29,32);1-2H3. The summed E-state index contributed by atoms with van der Waals surface area (Å²) in [5.74, 6) is 0.344. The molecule has 0 aliphatic carbocycles. The van der Waals surface area contributed by atoms with Crippen molar-refractivity contribution >= 4 is 23.6 Å². The Kier molecular flexibility index (Phi) is 11.8. The quantitative estimate of drug-likeness (QED) is 0.334. The SMILES string of the molecule is CC.CCN(Cc1ccc(OC)cc1-c1cc(Cl)cc(CC(=O)OC)c1)C(=O)NCc1ccccc1. The van der Waals surface area contributed by atoms with E-state index in [4.69, 9.17) is 21.1 Å². The molecule has 0 bridgehead atoms. The van der Waals surface area contributed by atoms with Gasteiger partial charge in [-0.3, -0.25) is 4.79 Å². The first-order valence-electron chi connectivity index (χ1n) is 12.0. The van der Waals surface area contributed by atoms with Gasteiger partial charge in [0, 0.05) is 24.7 Å². The van der Waals surface area contributed by atoms with Gasteiger partial charge in [0.25, 0.3) is 0 Å². The Balaban J connectivity index is 0.00000222.